The van der Waals surface area contributed by atoms with Crippen molar-refractivity contribution in [3.8, 4) is 16.9 Å². The zero-order valence-corrected chi connectivity index (χ0v) is 23.0. The summed E-state index contributed by atoms with van der Waals surface area (Å²) in [4.78, 5) is 31.1. The molecule has 1 aromatic heterocycles. The highest BCUT2D eigenvalue weighted by atomic mass is 19.4. The van der Waals surface area contributed by atoms with Crippen molar-refractivity contribution < 1.29 is 32.2 Å². The largest absolute Gasteiger partial charge is 0.491 e. The average Bonchev–Trinajstić information content (AvgIpc) is 3.11. The lowest BCUT2D eigenvalue weighted by atomic mass is 9.91. The van der Waals surface area contributed by atoms with E-state index in [0.717, 1.165) is 6.07 Å². The molecule has 1 aliphatic rings. The summed E-state index contributed by atoms with van der Waals surface area (Å²) in [5, 5.41) is 2.77. The monoisotopic (exact) mass is 535 g/mol. The Bertz CT molecular complexity index is 1190. The molecule has 3 rings (SSSR count). The molecule has 0 saturated heterocycles. The van der Waals surface area contributed by atoms with E-state index in [1.54, 1.807) is 38.7 Å². The van der Waals surface area contributed by atoms with Crippen molar-refractivity contribution in [1.29, 1.82) is 0 Å². The Morgan fingerprint density at radius 2 is 1.84 bits per heavy atom. The summed E-state index contributed by atoms with van der Waals surface area (Å²) in [5.74, 6) is -0.497. The number of aromatic nitrogens is 1. The Morgan fingerprint density at radius 3 is 2.42 bits per heavy atom. The van der Waals surface area contributed by atoms with E-state index in [1.165, 1.54) is 18.3 Å². The highest BCUT2D eigenvalue weighted by Crippen LogP contribution is 2.41. The van der Waals surface area contributed by atoms with Crippen LogP contribution in [-0.2, 0) is 17.5 Å². The summed E-state index contributed by atoms with van der Waals surface area (Å²) < 4.78 is 53.6. The van der Waals surface area contributed by atoms with Crippen LogP contribution in [0.15, 0.2) is 30.5 Å². The van der Waals surface area contributed by atoms with E-state index in [4.69, 9.17) is 9.47 Å². The van der Waals surface area contributed by atoms with Gasteiger partial charge in [-0.3, -0.25) is 9.78 Å². The standard InChI is InChI=1S/C28H36F3N3O4/c1-8-34-15-21-23(24(34)35)19(11-12-32-21)18-9-10-22(20(13-18)28(29,30)31)37-16-27(7,14-17(2)3)33-25(36)38-26(4,5)6/h9-13,17H,8,14-16H2,1-7H3,(H,33,36)/t27-/m0/s1. The Morgan fingerprint density at radius 1 is 1.16 bits per heavy atom. The lowest BCUT2D eigenvalue weighted by Crippen LogP contribution is -2.52. The minimum atomic E-state index is -4.71. The molecule has 2 aromatic rings. The molecule has 0 radical (unpaired) electrons. The van der Waals surface area contributed by atoms with E-state index in [-0.39, 0.29) is 29.7 Å². The van der Waals surface area contributed by atoms with Crippen molar-refractivity contribution in [1.82, 2.24) is 15.2 Å². The van der Waals surface area contributed by atoms with E-state index in [1.807, 2.05) is 20.8 Å². The van der Waals surface area contributed by atoms with Crippen LogP contribution in [-0.4, -0.2) is 46.2 Å². The number of amides is 2. The number of benzene rings is 1. The third-order valence-corrected chi connectivity index (χ3v) is 6.06. The van der Waals surface area contributed by atoms with Gasteiger partial charge in [0.2, 0.25) is 0 Å². The van der Waals surface area contributed by atoms with Gasteiger partial charge >= 0.3 is 12.3 Å². The van der Waals surface area contributed by atoms with Gasteiger partial charge in [0.1, 0.15) is 18.0 Å². The molecule has 0 aliphatic carbocycles. The number of nitrogens with zero attached hydrogens (tertiary/aromatic N) is 2. The number of hydrogen-bond donors (Lipinski definition) is 1. The van der Waals surface area contributed by atoms with E-state index >= 15 is 0 Å². The van der Waals surface area contributed by atoms with Crippen LogP contribution < -0.4 is 10.1 Å². The van der Waals surface area contributed by atoms with Crippen molar-refractivity contribution in [2.24, 2.45) is 5.92 Å². The molecule has 7 nitrogen and oxygen atoms in total. The summed E-state index contributed by atoms with van der Waals surface area (Å²) in [6.07, 6.45) is -3.44. The van der Waals surface area contributed by atoms with Crippen molar-refractivity contribution >= 4 is 12.0 Å². The smallest absolute Gasteiger partial charge is 0.419 e. The Labute approximate surface area is 221 Å². The summed E-state index contributed by atoms with van der Waals surface area (Å²) in [7, 11) is 0. The molecule has 208 valence electrons. The van der Waals surface area contributed by atoms with Gasteiger partial charge < -0.3 is 19.7 Å². The topological polar surface area (TPSA) is 80.8 Å². The molecule has 2 amide bonds. The van der Waals surface area contributed by atoms with Gasteiger partial charge in [-0.2, -0.15) is 13.2 Å². The first kappa shape index (κ1) is 29.3. The number of hydrogen-bond acceptors (Lipinski definition) is 5. The number of halogens is 3. The van der Waals surface area contributed by atoms with Crippen LogP contribution >= 0.6 is 0 Å². The van der Waals surface area contributed by atoms with Gasteiger partial charge in [0.25, 0.3) is 5.91 Å². The van der Waals surface area contributed by atoms with Crippen LogP contribution in [0.5, 0.6) is 5.75 Å². The van der Waals surface area contributed by atoms with Crippen LogP contribution in [0.2, 0.25) is 0 Å². The fraction of sp³-hybridized carbons (Fsp3) is 0.536. The lowest BCUT2D eigenvalue weighted by Gasteiger charge is -2.33. The van der Waals surface area contributed by atoms with Crippen molar-refractivity contribution in [3.05, 3.63) is 47.3 Å². The molecular weight excluding hydrogens is 499 g/mol. The van der Waals surface area contributed by atoms with E-state index < -0.39 is 29.0 Å². The fourth-order valence-electron chi connectivity index (χ4n) is 4.65. The Kier molecular flexibility index (Phi) is 8.33. The zero-order chi connectivity index (χ0) is 28.5. The lowest BCUT2D eigenvalue weighted by molar-refractivity contribution is -0.139. The number of fused-ring (bicyclic) bond motifs is 1. The number of pyridine rings is 1. The fourth-order valence-corrected chi connectivity index (χ4v) is 4.65. The van der Waals surface area contributed by atoms with E-state index in [2.05, 4.69) is 10.3 Å². The quantitative estimate of drug-likeness (QED) is 0.420. The predicted octanol–water partition coefficient (Wildman–Crippen LogP) is 6.45. The highest BCUT2D eigenvalue weighted by Gasteiger charge is 2.38. The molecule has 1 aromatic carbocycles. The maximum Gasteiger partial charge on any atom is 0.419 e. The molecule has 38 heavy (non-hydrogen) atoms. The van der Waals surface area contributed by atoms with Crippen molar-refractivity contribution in [2.75, 3.05) is 13.2 Å². The highest BCUT2D eigenvalue weighted by molar-refractivity contribution is 6.04. The first-order valence-electron chi connectivity index (χ1n) is 12.7. The van der Waals surface area contributed by atoms with Gasteiger partial charge in [0.05, 0.1) is 28.9 Å². The van der Waals surface area contributed by atoms with Crippen LogP contribution in [0.1, 0.15) is 76.5 Å². The number of nitrogens with one attached hydrogen (secondary N) is 1. The number of alkyl carbamates (subject to hydrolysis) is 1. The predicted molar refractivity (Wildman–Crippen MR) is 138 cm³/mol. The molecule has 10 heteroatoms. The minimum Gasteiger partial charge on any atom is -0.491 e. The number of ether oxygens (including phenoxy) is 2. The minimum absolute atomic E-state index is 0.122. The van der Waals surface area contributed by atoms with Gasteiger partial charge in [0, 0.05) is 12.7 Å². The second-order valence-electron chi connectivity index (χ2n) is 11.3. The average molecular weight is 536 g/mol. The molecule has 0 saturated carbocycles. The van der Waals surface area contributed by atoms with Gasteiger partial charge in [0.15, 0.2) is 0 Å². The van der Waals surface area contributed by atoms with Crippen LogP contribution in [0.3, 0.4) is 0 Å². The number of rotatable bonds is 8. The molecule has 0 spiro atoms. The number of carbonyl (C=O) groups is 2. The molecule has 2 heterocycles. The zero-order valence-electron chi connectivity index (χ0n) is 23.0. The first-order valence-corrected chi connectivity index (χ1v) is 12.7. The molecule has 0 unspecified atom stereocenters. The summed E-state index contributed by atoms with van der Waals surface area (Å²) in [6, 6.07) is 5.30. The van der Waals surface area contributed by atoms with Crippen molar-refractivity contribution in [3.63, 3.8) is 0 Å². The van der Waals surface area contributed by atoms with Crippen LogP contribution in [0.4, 0.5) is 18.0 Å². The van der Waals surface area contributed by atoms with Crippen molar-refractivity contribution in [2.45, 2.75) is 78.7 Å². The Balaban J connectivity index is 1.93. The summed E-state index contributed by atoms with van der Waals surface area (Å²) >= 11 is 0. The number of carbonyl (C=O) groups excluding carboxylic acids is 2. The summed E-state index contributed by atoms with van der Waals surface area (Å²) in [5.41, 5.74) is -1.19. The van der Waals surface area contributed by atoms with Crippen LogP contribution in [0.25, 0.3) is 11.1 Å². The van der Waals surface area contributed by atoms with Gasteiger partial charge in [-0.05, 0) is 76.3 Å². The van der Waals surface area contributed by atoms with Gasteiger partial charge in [-0.15, -0.1) is 0 Å². The van der Waals surface area contributed by atoms with Gasteiger partial charge in [-0.1, -0.05) is 19.9 Å². The maximum absolute atomic E-state index is 14.2. The molecule has 1 N–H and O–H groups in total. The van der Waals surface area contributed by atoms with E-state index in [9.17, 15) is 22.8 Å². The van der Waals surface area contributed by atoms with Gasteiger partial charge in [-0.25, -0.2) is 4.79 Å². The summed E-state index contributed by atoms with van der Waals surface area (Å²) in [6.45, 7) is 13.2. The second kappa shape index (κ2) is 10.8. The SMILES string of the molecule is CCN1Cc2nccc(-c3ccc(OC[C@](C)(CC(C)C)NC(=O)OC(C)(C)C)c(C(F)(F)F)c3)c2C1=O. The molecule has 0 bridgehead atoms. The maximum atomic E-state index is 14.2. The first-order chi connectivity index (χ1) is 17.5. The molecule has 1 atom stereocenters. The molecule has 1 aliphatic heterocycles. The molecule has 0 fully saturated rings. The second-order valence-corrected chi connectivity index (χ2v) is 11.3. The Hall–Kier alpha value is -3.30. The van der Waals surface area contributed by atoms with E-state index in [0.29, 0.717) is 36.3 Å². The third-order valence-electron chi connectivity index (χ3n) is 6.06. The number of alkyl halides is 3. The normalized spacial score (nSPS) is 15.3. The molecular formula is C28H36F3N3O4. The third kappa shape index (κ3) is 6.96. The van der Waals surface area contributed by atoms with Crippen LogP contribution in [0, 0.1) is 5.92 Å².